The van der Waals surface area contributed by atoms with E-state index in [1.54, 1.807) is 6.07 Å². The van der Waals surface area contributed by atoms with Crippen LogP contribution in [0.4, 0.5) is 0 Å². The van der Waals surface area contributed by atoms with Gasteiger partial charge < -0.3 is 20.0 Å². The van der Waals surface area contributed by atoms with E-state index in [2.05, 4.69) is 10.2 Å². The van der Waals surface area contributed by atoms with Crippen molar-refractivity contribution in [1.29, 1.82) is 0 Å². The number of carbonyl (C=O) groups excluding carboxylic acids is 2. The third-order valence-electron chi connectivity index (χ3n) is 3.98. The molecule has 0 radical (unpaired) electrons. The number of benzene rings is 1. The number of fused-ring (bicyclic) bond motifs is 1. The quantitative estimate of drug-likeness (QED) is 0.260. The van der Waals surface area contributed by atoms with Crippen molar-refractivity contribution < 1.29 is 29.4 Å². The fourth-order valence-electron chi connectivity index (χ4n) is 2.60. The van der Waals surface area contributed by atoms with E-state index in [0.29, 0.717) is 12.3 Å². The summed E-state index contributed by atoms with van der Waals surface area (Å²) in [4.78, 5) is 40.1. The van der Waals surface area contributed by atoms with Crippen LogP contribution in [0.3, 0.4) is 0 Å². The minimum atomic E-state index is -0.919. The predicted molar refractivity (Wildman–Crippen MR) is 98.6 cm³/mol. The van der Waals surface area contributed by atoms with Crippen molar-refractivity contribution in [2.45, 2.75) is 38.8 Å². The molecule has 0 fully saturated rings. The Kier molecular flexibility index (Phi) is 6.92. The average Bonchev–Trinajstić information content (AvgIpc) is 2.85. The van der Waals surface area contributed by atoms with Crippen molar-refractivity contribution >= 4 is 11.8 Å². The van der Waals surface area contributed by atoms with Crippen molar-refractivity contribution in [3.05, 3.63) is 39.4 Å². The predicted octanol–water partition coefficient (Wildman–Crippen LogP) is 1.01. The third kappa shape index (κ3) is 5.89. The van der Waals surface area contributed by atoms with Gasteiger partial charge >= 0.3 is 0 Å². The molecular formula is C18H25N3O7. The lowest BCUT2D eigenvalue weighted by Gasteiger charge is -2.23. The van der Waals surface area contributed by atoms with Gasteiger partial charge in [-0.1, -0.05) is 0 Å². The van der Waals surface area contributed by atoms with E-state index in [0.717, 1.165) is 4.90 Å². The molecule has 1 unspecified atom stereocenters. The first kappa shape index (κ1) is 21.6. The Morgan fingerprint density at radius 2 is 1.93 bits per heavy atom. The molecule has 0 saturated heterocycles. The van der Waals surface area contributed by atoms with Gasteiger partial charge in [-0.2, -0.15) is 0 Å². The lowest BCUT2D eigenvalue weighted by Crippen LogP contribution is -2.42. The first-order valence-electron chi connectivity index (χ1n) is 8.92. The van der Waals surface area contributed by atoms with E-state index in [4.69, 9.17) is 4.74 Å². The molecule has 2 N–H and O–H groups in total. The van der Waals surface area contributed by atoms with Crippen LogP contribution >= 0.6 is 0 Å². The van der Waals surface area contributed by atoms with Gasteiger partial charge in [-0.05, 0) is 45.4 Å². The Morgan fingerprint density at radius 1 is 1.25 bits per heavy atom. The summed E-state index contributed by atoms with van der Waals surface area (Å²) < 4.78 is 5.53. The van der Waals surface area contributed by atoms with Crippen LogP contribution in [0.1, 0.15) is 47.9 Å². The molecule has 1 atom stereocenters. The zero-order chi connectivity index (χ0) is 20.9. The first-order chi connectivity index (χ1) is 13.1. The van der Waals surface area contributed by atoms with Crippen LogP contribution in [0.15, 0.2) is 18.2 Å². The summed E-state index contributed by atoms with van der Waals surface area (Å²) in [5.41, 5.74) is 0.331. The van der Waals surface area contributed by atoms with Gasteiger partial charge in [0.1, 0.15) is 18.5 Å². The lowest BCUT2D eigenvalue weighted by molar-refractivity contribution is -0.757. The van der Waals surface area contributed by atoms with Crippen molar-refractivity contribution in [3.63, 3.8) is 0 Å². The minimum absolute atomic E-state index is 0.0214. The fourth-order valence-corrected chi connectivity index (χ4v) is 2.60. The number of β-amino-alcohol motifs (C(OH)–C–C–N with tert-alkyl or cyclic N) is 1. The number of carbonyl (C=O) groups is 2. The van der Waals surface area contributed by atoms with Crippen molar-refractivity contribution in [2.24, 2.45) is 0 Å². The highest BCUT2D eigenvalue weighted by atomic mass is 16.9. The second-order valence-electron chi connectivity index (χ2n) is 7.48. The van der Waals surface area contributed by atoms with Gasteiger partial charge in [0.15, 0.2) is 0 Å². The minimum Gasteiger partial charge on any atom is -0.491 e. The molecule has 2 rings (SSSR count). The summed E-state index contributed by atoms with van der Waals surface area (Å²) in [6.45, 7) is 6.16. The van der Waals surface area contributed by atoms with E-state index < -0.39 is 23.0 Å². The Bertz CT molecular complexity index is 745. The van der Waals surface area contributed by atoms with E-state index in [-0.39, 0.29) is 42.8 Å². The largest absolute Gasteiger partial charge is 0.491 e. The molecule has 0 bridgehead atoms. The zero-order valence-corrected chi connectivity index (χ0v) is 16.1. The number of hydrogen-bond donors (Lipinski definition) is 2. The molecule has 10 heteroatoms. The standard InChI is InChI=1S/C18H25N3O7/c1-18(2,3)19-10-12(22)11-27-13-5-6-14-15(9-13)17(24)20(16(14)23)7-4-8-28-21(25)26/h5-6,9,12,19,22H,4,7-8,10-11H2,1-3H3. The maximum absolute atomic E-state index is 12.5. The molecule has 0 aliphatic carbocycles. The van der Waals surface area contributed by atoms with Gasteiger partial charge in [-0.25, -0.2) is 0 Å². The molecule has 1 heterocycles. The highest BCUT2D eigenvalue weighted by Crippen LogP contribution is 2.27. The second-order valence-corrected chi connectivity index (χ2v) is 7.48. The summed E-state index contributed by atoms with van der Waals surface area (Å²) >= 11 is 0. The monoisotopic (exact) mass is 395 g/mol. The Labute approximate surface area is 162 Å². The van der Waals surface area contributed by atoms with E-state index in [9.17, 15) is 24.8 Å². The molecular weight excluding hydrogens is 370 g/mol. The van der Waals surface area contributed by atoms with Crippen LogP contribution in [0.2, 0.25) is 0 Å². The molecule has 1 aromatic carbocycles. The molecule has 10 nitrogen and oxygen atoms in total. The SMILES string of the molecule is CC(C)(C)NCC(O)COc1ccc2c(c1)C(=O)N(CCCO[N+](=O)[O-])C2=O. The van der Waals surface area contributed by atoms with E-state index in [1.807, 2.05) is 20.8 Å². The van der Waals surface area contributed by atoms with Crippen molar-refractivity contribution in [1.82, 2.24) is 10.2 Å². The molecule has 2 amide bonds. The average molecular weight is 395 g/mol. The smallest absolute Gasteiger partial charge is 0.294 e. The summed E-state index contributed by atoms with van der Waals surface area (Å²) in [7, 11) is 0. The topological polar surface area (TPSA) is 131 Å². The summed E-state index contributed by atoms with van der Waals surface area (Å²) in [6.07, 6.45) is -0.578. The molecule has 0 saturated carbocycles. The highest BCUT2D eigenvalue weighted by molar-refractivity contribution is 6.21. The van der Waals surface area contributed by atoms with Crippen molar-refractivity contribution in [3.8, 4) is 5.75 Å². The molecule has 0 aromatic heterocycles. The maximum atomic E-state index is 12.5. The summed E-state index contributed by atoms with van der Waals surface area (Å²) in [6, 6.07) is 4.53. The van der Waals surface area contributed by atoms with Crippen LogP contribution < -0.4 is 10.1 Å². The normalized spacial score (nSPS) is 14.8. The number of hydrogen-bond acceptors (Lipinski definition) is 8. The van der Waals surface area contributed by atoms with Gasteiger partial charge in [-0.15, -0.1) is 10.1 Å². The fraction of sp³-hybridized carbons (Fsp3) is 0.556. The van der Waals surface area contributed by atoms with Gasteiger partial charge in [0, 0.05) is 18.6 Å². The van der Waals surface area contributed by atoms with Gasteiger partial charge in [-0.3, -0.25) is 14.5 Å². The number of nitrogens with zero attached hydrogens (tertiary/aromatic N) is 2. The first-order valence-corrected chi connectivity index (χ1v) is 8.92. The van der Waals surface area contributed by atoms with Gasteiger partial charge in [0.05, 0.1) is 17.7 Å². The molecule has 1 aromatic rings. The molecule has 28 heavy (non-hydrogen) atoms. The Hall–Kier alpha value is -2.72. The molecule has 1 aliphatic rings. The van der Waals surface area contributed by atoms with Crippen LogP contribution in [0.5, 0.6) is 5.75 Å². The molecule has 1 aliphatic heterocycles. The maximum Gasteiger partial charge on any atom is 0.294 e. The lowest BCUT2D eigenvalue weighted by atomic mass is 10.1. The van der Waals surface area contributed by atoms with Crippen molar-refractivity contribution in [2.75, 3.05) is 26.3 Å². The highest BCUT2D eigenvalue weighted by Gasteiger charge is 2.35. The summed E-state index contributed by atoms with van der Waals surface area (Å²) in [5.74, 6) is -0.572. The molecule has 154 valence electrons. The second kappa shape index (κ2) is 8.98. The Morgan fingerprint density at radius 3 is 2.57 bits per heavy atom. The van der Waals surface area contributed by atoms with Crippen LogP contribution in [-0.4, -0.2) is 64.9 Å². The number of ether oxygens (including phenoxy) is 1. The number of nitrogens with one attached hydrogen (secondary N) is 1. The zero-order valence-electron chi connectivity index (χ0n) is 16.1. The number of amides is 2. The molecule has 0 spiro atoms. The van der Waals surface area contributed by atoms with Gasteiger partial charge in [0.25, 0.3) is 16.9 Å². The number of rotatable bonds is 10. The number of imide groups is 1. The van der Waals surface area contributed by atoms with Crippen LogP contribution in [-0.2, 0) is 4.84 Å². The Balaban J connectivity index is 1.92. The van der Waals surface area contributed by atoms with E-state index >= 15 is 0 Å². The number of aliphatic hydroxyl groups is 1. The third-order valence-corrected chi connectivity index (χ3v) is 3.98. The van der Waals surface area contributed by atoms with Crippen LogP contribution in [0.25, 0.3) is 0 Å². The van der Waals surface area contributed by atoms with Gasteiger partial charge in [0.2, 0.25) is 0 Å². The number of aliphatic hydroxyl groups excluding tert-OH is 1. The van der Waals surface area contributed by atoms with E-state index in [1.165, 1.54) is 12.1 Å². The van der Waals surface area contributed by atoms with Crippen LogP contribution in [0, 0.1) is 10.1 Å². The summed E-state index contributed by atoms with van der Waals surface area (Å²) in [5, 5.41) is 22.4.